The zero-order valence-corrected chi connectivity index (χ0v) is 7.93. The van der Waals surface area contributed by atoms with Crippen molar-refractivity contribution < 1.29 is 0 Å². The Labute approximate surface area is 69.8 Å². The summed E-state index contributed by atoms with van der Waals surface area (Å²) in [6.45, 7) is 8.40. The van der Waals surface area contributed by atoms with Crippen molar-refractivity contribution >= 4 is 0 Å². The molecule has 1 spiro atoms. The molecule has 1 aliphatic heterocycles. The number of hydrogen-bond donors (Lipinski definition) is 0. The van der Waals surface area contributed by atoms with Crippen molar-refractivity contribution in [1.29, 1.82) is 0 Å². The third-order valence-electron chi connectivity index (χ3n) is 3.81. The van der Waals surface area contributed by atoms with Gasteiger partial charge in [0.05, 0.1) is 0 Å². The van der Waals surface area contributed by atoms with Crippen molar-refractivity contribution in [3.05, 3.63) is 0 Å². The quantitative estimate of drug-likeness (QED) is 0.558. The summed E-state index contributed by atoms with van der Waals surface area (Å²) in [5.74, 6) is 0. The minimum Gasteiger partial charge on any atom is -0.298 e. The lowest BCUT2D eigenvalue weighted by atomic mass is 9.99. The first-order valence-corrected chi connectivity index (χ1v) is 4.91. The second kappa shape index (κ2) is 2.22. The van der Waals surface area contributed by atoms with E-state index in [-0.39, 0.29) is 0 Å². The van der Waals surface area contributed by atoms with Gasteiger partial charge in [-0.2, -0.15) is 0 Å². The van der Waals surface area contributed by atoms with E-state index in [0.717, 1.165) is 17.5 Å². The third kappa shape index (κ3) is 1.01. The molecule has 1 saturated carbocycles. The maximum atomic E-state index is 2.66. The Balaban J connectivity index is 2.06. The van der Waals surface area contributed by atoms with Crippen molar-refractivity contribution in [3.63, 3.8) is 0 Å². The smallest absolute Gasteiger partial charge is 0.0127 e. The molecule has 0 N–H and O–H groups in total. The van der Waals surface area contributed by atoms with Gasteiger partial charge in [0.1, 0.15) is 0 Å². The van der Waals surface area contributed by atoms with Gasteiger partial charge >= 0.3 is 0 Å². The highest BCUT2D eigenvalue weighted by molar-refractivity contribution is 5.06. The Morgan fingerprint density at radius 2 is 1.91 bits per heavy atom. The SMILES string of the molecule is CC(C)N1CCC2(CC2)C1C. The van der Waals surface area contributed by atoms with Gasteiger partial charge < -0.3 is 0 Å². The lowest BCUT2D eigenvalue weighted by Gasteiger charge is -2.27. The molecule has 2 aliphatic rings. The van der Waals surface area contributed by atoms with Crippen molar-refractivity contribution in [3.8, 4) is 0 Å². The van der Waals surface area contributed by atoms with E-state index in [1.54, 1.807) is 0 Å². The van der Waals surface area contributed by atoms with Crippen LogP contribution in [0.4, 0.5) is 0 Å². The molecule has 0 radical (unpaired) electrons. The highest BCUT2D eigenvalue weighted by atomic mass is 15.2. The summed E-state index contributed by atoms with van der Waals surface area (Å²) in [7, 11) is 0. The van der Waals surface area contributed by atoms with Crippen LogP contribution < -0.4 is 0 Å². The van der Waals surface area contributed by atoms with Gasteiger partial charge in [-0.25, -0.2) is 0 Å². The van der Waals surface area contributed by atoms with Crippen molar-refractivity contribution in [2.24, 2.45) is 5.41 Å². The first-order chi connectivity index (χ1) is 5.16. The largest absolute Gasteiger partial charge is 0.298 e. The van der Waals surface area contributed by atoms with Gasteiger partial charge in [0.2, 0.25) is 0 Å². The molecular weight excluding hydrogens is 134 g/mol. The van der Waals surface area contributed by atoms with Crippen LogP contribution in [-0.4, -0.2) is 23.5 Å². The van der Waals surface area contributed by atoms with E-state index in [4.69, 9.17) is 0 Å². The van der Waals surface area contributed by atoms with E-state index in [1.807, 2.05) is 0 Å². The van der Waals surface area contributed by atoms with E-state index in [9.17, 15) is 0 Å². The van der Waals surface area contributed by atoms with E-state index in [0.29, 0.717) is 0 Å². The van der Waals surface area contributed by atoms with Gasteiger partial charge in [0.15, 0.2) is 0 Å². The minimum absolute atomic E-state index is 0.755. The van der Waals surface area contributed by atoms with E-state index >= 15 is 0 Å². The minimum atomic E-state index is 0.755. The monoisotopic (exact) mass is 153 g/mol. The summed E-state index contributed by atoms with van der Waals surface area (Å²) in [5.41, 5.74) is 0.782. The summed E-state index contributed by atoms with van der Waals surface area (Å²) in [6, 6.07) is 1.62. The molecule has 1 atom stereocenters. The molecule has 64 valence electrons. The predicted octanol–water partition coefficient (Wildman–Crippen LogP) is 2.27. The van der Waals surface area contributed by atoms with Crippen LogP contribution in [0, 0.1) is 5.41 Å². The van der Waals surface area contributed by atoms with Gasteiger partial charge in [-0.05, 0) is 52.0 Å². The summed E-state index contributed by atoms with van der Waals surface area (Å²) >= 11 is 0. The van der Waals surface area contributed by atoms with Gasteiger partial charge in [-0.1, -0.05) is 0 Å². The molecule has 1 heteroatoms. The number of likely N-dealkylation sites (tertiary alicyclic amines) is 1. The summed E-state index contributed by atoms with van der Waals surface area (Å²) in [6.07, 6.45) is 4.46. The molecule has 2 rings (SSSR count). The van der Waals surface area contributed by atoms with E-state index < -0.39 is 0 Å². The zero-order valence-electron chi connectivity index (χ0n) is 7.93. The Morgan fingerprint density at radius 3 is 2.18 bits per heavy atom. The molecule has 1 heterocycles. The summed E-state index contributed by atoms with van der Waals surface area (Å²) in [4.78, 5) is 2.66. The average Bonchev–Trinajstić information content (AvgIpc) is 2.61. The molecular formula is C10H19N. The molecule has 1 unspecified atom stereocenters. The Bertz CT molecular complexity index is 158. The first kappa shape index (κ1) is 7.60. The van der Waals surface area contributed by atoms with Crippen LogP contribution in [0.2, 0.25) is 0 Å². The molecule has 0 aromatic rings. The Morgan fingerprint density at radius 1 is 1.27 bits per heavy atom. The standard InChI is InChI=1S/C10H19N/c1-8(2)11-7-6-10(4-5-10)9(11)3/h8-9H,4-7H2,1-3H3. The molecule has 0 aromatic carbocycles. The van der Waals surface area contributed by atoms with Crippen LogP contribution in [0.15, 0.2) is 0 Å². The van der Waals surface area contributed by atoms with Crippen molar-refractivity contribution in [2.75, 3.05) is 6.54 Å². The number of rotatable bonds is 1. The van der Waals surface area contributed by atoms with Gasteiger partial charge in [0, 0.05) is 12.1 Å². The lowest BCUT2D eigenvalue weighted by molar-refractivity contribution is 0.189. The molecule has 0 bridgehead atoms. The number of nitrogens with zero attached hydrogens (tertiary/aromatic N) is 1. The highest BCUT2D eigenvalue weighted by Gasteiger charge is 2.53. The molecule has 2 fully saturated rings. The average molecular weight is 153 g/mol. The topological polar surface area (TPSA) is 3.24 Å². The van der Waals surface area contributed by atoms with Gasteiger partial charge in [-0.3, -0.25) is 4.90 Å². The summed E-state index contributed by atoms with van der Waals surface area (Å²) < 4.78 is 0. The second-order valence-corrected chi connectivity index (χ2v) is 4.62. The van der Waals surface area contributed by atoms with Crippen molar-refractivity contribution in [1.82, 2.24) is 4.90 Å². The zero-order chi connectivity index (χ0) is 8.06. The fraction of sp³-hybridized carbons (Fsp3) is 1.00. The Hall–Kier alpha value is -0.0400. The van der Waals surface area contributed by atoms with Crippen molar-refractivity contribution in [2.45, 2.75) is 52.1 Å². The summed E-state index contributed by atoms with van der Waals surface area (Å²) in [5, 5.41) is 0. The molecule has 1 saturated heterocycles. The lowest BCUT2D eigenvalue weighted by Crippen LogP contribution is -2.36. The molecule has 0 aromatic heterocycles. The fourth-order valence-corrected chi connectivity index (χ4v) is 2.64. The van der Waals surface area contributed by atoms with E-state index in [2.05, 4.69) is 25.7 Å². The van der Waals surface area contributed by atoms with Gasteiger partial charge in [0.25, 0.3) is 0 Å². The molecule has 1 aliphatic carbocycles. The van der Waals surface area contributed by atoms with Gasteiger partial charge in [-0.15, -0.1) is 0 Å². The number of hydrogen-bond acceptors (Lipinski definition) is 1. The predicted molar refractivity (Wildman–Crippen MR) is 47.6 cm³/mol. The van der Waals surface area contributed by atoms with Crippen LogP contribution in [-0.2, 0) is 0 Å². The molecule has 11 heavy (non-hydrogen) atoms. The second-order valence-electron chi connectivity index (χ2n) is 4.62. The van der Waals surface area contributed by atoms with Crippen LogP contribution in [0.1, 0.15) is 40.0 Å². The van der Waals surface area contributed by atoms with Crippen LogP contribution in [0.5, 0.6) is 0 Å². The fourth-order valence-electron chi connectivity index (χ4n) is 2.64. The molecule has 1 nitrogen and oxygen atoms in total. The van der Waals surface area contributed by atoms with Crippen LogP contribution >= 0.6 is 0 Å². The normalized spacial score (nSPS) is 35.5. The third-order valence-corrected chi connectivity index (χ3v) is 3.81. The first-order valence-electron chi connectivity index (χ1n) is 4.91. The maximum absolute atomic E-state index is 2.66. The van der Waals surface area contributed by atoms with Crippen LogP contribution in [0.3, 0.4) is 0 Å². The van der Waals surface area contributed by atoms with E-state index in [1.165, 1.54) is 25.8 Å². The highest BCUT2D eigenvalue weighted by Crippen LogP contribution is 2.57. The Kier molecular flexibility index (Phi) is 1.54. The molecule has 0 amide bonds. The maximum Gasteiger partial charge on any atom is 0.0127 e. The van der Waals surface area contributed by atoms with Crippen LogP contribution in [0.25, 0.3) is 0 Å².